The van der Waals surface area contributed by atoms with Gasteiger partial charge in [0.05, 0.1) is 0 Å². The maximum Gasteiger partial charge on any atom is 0.0431 e. The normalized spacial score (nSPS) is 26.2. The lowest BCUT2D eigenvalue weighted by atomic mass is 9.94. The Morgan fingerprint density at radius 3 is 2.73 bits per heavy atom. The quantitative estimate of drug-likeness (QED) is 0.690. The molecule has 1 rings (SSSR count). The Kier molecular flexibility index (Phi) is 4.31. The topological polar surface area (TPSA) is 20.2 Å². The van der Waals surface area contributed by atoms with Crippen LogP contribution in [0.1, 0.15) is 32.6 Å². The van der Waals surface area contributed by atoms with Crippen molar-refractivity contribution in [3.8, 4) is 0 Å². The molecule has 0 aromatic carbocycles. The van der Waals surface area contributed by atoms with E-state index in [1.807, 2.05) is 0 Å². The second kappa shape index (κ2) is 5.04. The summed E-state index contributed by atoms with van der Waals surface area (Å²) in [5.74, 6) is 2.24. The van der Waals surface area contributed by atoms with Crippen molar-refractivity contribution in [1.29, 1.82) is 0 Å². The second-order valence-corrected chi connectivity index (χ2v) is 4.58. The van der Waals surface area contributed by atoms with Crippen molar-refractivity contribution in [3.63, 3.8) is 0 Å². The Morgan fingerprint density at radius 2 is 2.36 bits per heavy atom. The molecule has 0 radical (unpaired) electrons. The van der Waals surface area contributed by atoms with Crippen LogP contribution in [-0.2, 0) is 0 Å². The van der Waals surface area contributed by atoms with Gasteiger partial charge in [0.15, 0.2) is 0 Å². The lowest BCUT2D eigenvalue weighted by molar-refractivity contribution is 0.267. The van der Waals surface area contributed by atoms with Crippen LogP contribution in [0.15, 0.2) is 0 Å². The molecule has 1 saturated heterocycles. The van der Waals surface area contributed by atoms with Gasteiger partial charge in [-0.1, -0.05) is 13.3 Å². The van der Waals surface area contributed by atoms with Crippen LogP contribution in [0.3, 0.4) is 0 Å². The SMILES string of the molecule is CCC(CCCO)C1CCS1. The van der Waals surface area contributed by atoms with Gasteiger partial charge < -0.3 is 5.11 Å². The van der Waals surface area contributed by atoms with Crippen molar-refractivity contribution in [2.45, 2.75) is 37.9 Å². The summed E-state index contributed by atoms with van der Waals surface area (Å²) in [6.07, 6.45) is 4.92. The van der Waals surface area contributed by atoms with E-state index in [2.05, 4.69) is 18.7 Å². The summed E-state index contributed by atoms with van der Waals surface area (Å²) >= 11 is 2.11. The van der Waals surface area contributed by atoms with Crippen LogP contribution in [0.25, 0.3) is 0 Å². The van der Waals surface area contributed by atoms with Gasteiger partial charge in [0.2, 0.25) is 0 Å². The van der Waals surface area contributed by atoms with Crippen LogP contribution in [-0.4, -0.2) is 22.7 Å². The summed E-state index contributed by atoms with van der Waals surface area (Å²) in [6.45, 7) is 2.63. The maximum atomic E-state index is 8.68. The maximum absolute atomic E-state index is 8.68. The minimum Gasteiger partial charge on any atom is -0.396 e. The predicted molar refractivity (Wildman–Crippen MR) is 51.0 cm³/mol. The smallest absolute Gasteiger partial charge is 0.0431 e. The van der Waals surface area contributed by atoms with E-state index in [1.165, 1.54) is 25.0 Å². The van der Waals surface area contributed by atoms with Gasteiger partial charge in [0.1, 0.15) is 0 Å². The molecule has 0 aliphatic carbocycles. The number of hydrogen-bond acceptors (Lipinski definition) is 2. The molecule has 0 bridgehead atoms. The average molecular weight is 174 g/mol. The first kappa shape index (κ1) is 9.40. The highest BCUT2D eigenvalue weighted by atomic mass is 32.2. The van der Waals surface area contributed by atoms with E-state index in [-0.39, 0.29) is 0 Å². The monoisotopic (exact) mass is 174 g/mol. The summed E-state index contributed by atoms with van der Waals surface area (Å²) in [5, 5.41) is 9.60. The summed E-state index contributed by atoms with van der Waals surface area (Å²) in [4.78, 5) is 0. The molecule has 1 nitrogen and oxygen atoms in total. The number of hydrogen-bond donors (Lipinski definition) is 1. The lowest BCUT2D eigenvalue weighted by Crippen LogP contribution is -2.25. The van der Waals surface area contributed by atoms with Gasteiger partial charge in [0.25, 0.3) is 0 Å². The third-order valence-corrected chi connectivity index (χ3v) is 4.04. The van der Waals surface area contributed by atoms with Gasteiger partial charge in [-0.3, -0.25) is 0 Å². The number of rotatable bonds is 5. The fraction of sp³-hybridized carbons (Fsp3) is 1.00. The van der Waals surface area contributed by atoms with Crippen LogP contribution in [0.2, 0.25) is 0 Å². The van der Waals surface area contributed by atoms with Gasteiger partial charge in [0, 0.05) is 11.9 Å². The van der Waals surface area contributed by atoms with E-state index in [1.54, 1.807) is 0 Å². The van der Waals surface area contributed by atoms with E-state index in [9.17, 15) is 0 Å². The Hall–Kier alpha value is 0.310. The van der Waals surface area contributed by atoms with Gasteiger partial charge >= 0.3 is 0 Å². The van der Waals surface area contributed by atoms with Crippen LogP contribution in [0, 0.1) is 5.92 Å². The molecule has 0 spiro atoms. The van der Waals surface area contributed by atoms with E-state index >= 15 is 0 Å². The summed E-state index contributed by atoms with van der Waals surface area (Å²) in [5.41, 5.74) is 0. The first-order chi connectivity index (χ1) is 5.38. The van der Waals surface area contributed by atoms with Crippen molar-refractivity contribution in [2.75, 3.05) is 12.4 Å². The Balaban J connectivity index is 2.13. The molecule has 2 unspecified atom stereocenters. The van der Waals surface area contributed by atoms with Gasteiger partial charge in [-0.15, -0.1) is 0 Å². The Morgan fingerprint density at radius 1 is 1.64 bits per heavy atom. The highest BCUT2D eigenvalue weighted by Gasteiger charge is 2.25. The van der Waals surface area contributed by atoms with E-state index < -0.39 is 0 Å². The summed E-state index contributed by atoms with van der Waals surface area (Å²) < 4.78 is 0. The molecule has 0 amide bonds. The van der Waals surface area contributed by atoms with Crippen LogP contribution < -0.4 is 0 Å². The molecule has 1 aliphatic heterocycles. The van der Waals surface area contributed by atoms with Crippen molar-refractivity contribution < 1.29 is 5.11 Å². The van der Waals surface area contributed by atoms with Crippen molar-refractivity contribution >= 4 is 11.8 Å². The molecule has 1 fully saturated rings. The van der Waals surface area contributed by atoms with Crippen LogP contribution in [0.4, 0.5) is 0 Å². The molecule has 1 aliphatic rings. The van der Waals surface area contributed by atoms with Crippen LogP contribution >= 0.6 is 11.8 Å². The average Bonchev–Trinajstić information content (AvgIpc) is 1.93. The molecule has 0 aromatic rings. The van der Waals surface area contributed by atoms with Crippen molar-refractivity contribution in [1.82, 2.24) is 0 Å². The Bertz CT molecular complexity index is 102. The molecule has 11 heavy (non-hydrogen) atoms. The Labute approximate surface area is 73.6 Å². The van der Waals surface area contributed by atoms with Gasteiger partial charge in [-0.05, 0) is 30.9 Å². The van der Waals surface area contributed by atoms with Gasteiger partial charge in [-0.25, -0.2) is 0 Å². The number of aliphatic hydroxyl groups excluding tert-OH is 1. The summed E-state index contributed by atoms with van der Waals surface area (Å²) in [7, 11) is 0. The van der Waals surface area contributed by atoms with Crippen molar-refractivity contribution in [2.24, 2.45) is 5.92 Å². The second-order valence-electron chi connectivity index (χ2n) is 3.23. The van der Waals surface area contributed by atoms with Crippen molar-refractivity contribution in [3.05, 3.63) is 0 Å². The summed E-state index contributed by atoms with van der Waals surface area (Å²) in [6, 6.07) is 0. The van der Waals surface area contributed by atoms with E-state index in [0.717, 1.165) is 17.6 Å². The van der Waals surface area contributed by atoms with Crippen LogP contribution in [0.5, 0.6) is 0 Å². The van der Waals surface area contributed by atoms with Gasteiger partial charge in [-0.2, -0.15) is 11.8 Å². The minimum absolute atomic E-state index is 0.369. The zero-order valence-corrected chi connectivity index (χ0v) is 8.07. The predicted octanol–water partition coefficient (Wildman–Crippen LogP) is 2.29. The fourth-order valence-electron chi connectivity index (χ4n) is 1.63. The zero-order valence-electron chi connectivity index (χ0n) is 7.25. The molecule has 2 heteroatoms. The molecular weight excluding hydrogens is 156 g/mol. The first-order valence-corrected chi connectivity index (χ1v) is 5.65. The third-order valence-electron chi connectivity index (χ3n) is 2.52. The first-order valence-electron chi connectivity index (χ1n) is 4.61. The minimum atomic E-state index is 0.369. The number of aliphatic hydroxyl groups is 1. The highest BCUT2D eigenvalue weighted by Crippen LogP contribution is 2.37. The largest absolute Gasteiger partial charge is 0.396 e. The van der Waals surface area contributed by atoms with E-state index in [4.69, 9.17) is 5.11 Å². The highest BCUT2D eigenvalue weighted by molar-refractivity contribution is 8.01. The standard InChI is InChI=1S/C9H18OS/c1-2-8(4-3-6-10)9-5-7-11-9/h8-10H,2-7H2,1H3. The molecule has 1 heterocycles. The molecule has 2 atom stereocenters. The number of thioether (sulfide) groups is 1. The zero-order chi connectivity index (χ0) is 8.10. The lowest BCUT2D eigenvalue weighted by Gasteiger charge is -2.32. The molecule has 0 aromatic heterocycles. The molecule has 66 valence electrons. The third kappa shape index (κ3) is 2.68. The molecule has 1 N–H and O–H groups in total. The fourth-order valence-corrected chi connectivity index (χ4v) is 2.74. The molecular formula is C9H18OS. The molecule has 0 saturated carbocycles. The van der Waals surface area contributed by atoms with E-state index in [0.29, 0.717) is 6.61 Å².